The summed E-state index contributed by atoms with van der Waals surface area (Å²) in [6.07, 6.45) is 13.0. The first kappa shape index (κ1) is 13.1. The average molecular weight is 237 g/mol. The van der Waals surface area contributed by atoms with Crippen LogP contribution in [-0.4, -0.2) is 29.3 Å². The number of carbonyl (C=O) groups is 1. The number of ketones is 1. The van der Waals surface area contributed by atoms with E-state index in [9.17, 15) is 4.79 Å². The Morgan fingerprint density at radius 2 is 1.65 bits per heavy atom. The summed E-state index contributed by atoms with van der Waals surface area (Å²) in [5.74, 6) is 0.373. The number of rotatable bonds is 3. The van der Waals surface area contributed by atoms with Crippen LogP contribution in [-0.2, 0) is 4.79 Å². The highest BCUT2D eigenvalue weighted by Crippen LogP contribution is 2.29. The fourth-order valence-electron chi connectivity index (χ4n) is 3.64. The molecule has 2 aliphatic rings. The van der Waals surface area contributed by atoms with Crippen LogP contribution >= 0.6 is 0 Å². The van der Waals surface area contributed by atoms with Crippen LogP contribution in [0.5, 0.6) is 0 Å². The Kier molecular flexibility index (Phi) is 5.02. The lowest BCUT2D eigenvalue weighted by Crippen LogP contribution is -2.44. The summed E-state index contributed by atoms with van der Waals surface area (Å²) >= 11 is 0. The molecule has 2 rings (SSSR count). The van der Waals surface area contributed by atoms with Crippen LogP contribution < -0.4 is 0 Å². The van der Waals surface area contributed by atoms with Gasteiger partial charge in [-0.2, -0.15) is 0 Å². The van der Waals surface area contributed by atoms with Crippen molar-refractivity contribution in [3.8, 4) is 0 Å². The zero-order valence-corrected chi connectivity index (χ0v) is 11.3. The molecule has 0 radical (unpaired) electrons. The lowest BCUT2D eigenvalue weighted by Gasteiger charge is -2.38. The Hall–Kier alpha value is -0.370. The van der Waals surface area contributed by atoms with Gasteiger partial charge in [-0.25, -0.2) is 0 Å². The molecule has 0 spiro atoms. The molecule has 2 heteroatoms. The summed E-state index contributed by atoms with van der Waals surface area (Å²) in [5.41, 5.74) is 0. The number of likely N-dealkylation sites (tertiary alicyclic amines) is 1. The van der Waals surface area contributed by atoms with Crippen LogP contribution in [0.25, 0.3) is 0 Å². The predicted octanol–water partition coefficient (Wildman–Crippen LogP) is 3.54. The number of hydrogen-bond donors (Lipinski definition) is 0. The van der Waals surface area contributed by atoms with E-state index in [2.05, 4.69) is 4.90 Å². The van der Waals surface area contributed by atoms with Gasteiger partial charge in [-0.15, -0.1) is 0 Å². The SMILES string of the molecule is CC(=O)CC1CCCCCN1C1CCCCC1. The Morgan fingerprint density at radius 3 is 2.35 bits per heavy atom. The third-order valence-corrected chi connectivity index (χ3v) is 4.49. The second-order valence-corrected chi connectivity index (χ2v) is 5.94. The van der Waals surface area contributed by atoms with Crippen LogP contribution in [0.1, 0.15) is 71.1 Å². The van der Waals surface area contributed by atoms with Gasteiger partial charge in [0.15, 0.2) is 0 Å². The minimum absolute atomic E-state index is 0.373. The van der Waals surface area contributed by atoms with Crippen molar-refractivity contribution in [2.45, 2.75) is 83.2 Å². The maximum atomic E-state index is 11.4. The van der Waals surface area contributed by atoms with Crippen molar-refractivity contribution in [3.05, 3.63) is 0 Å². The van der Waals surface area contributed by atoms with E-state index in [1.807, 2.05) is 0 Å². The van der Waals surface area contributed by atoms with E-state index < -0.39 is 0 Å². The van der Waals surface area contributed by atoms with Crippen molar-refractivity contribution in [2.75, 3.05) is 6.54 Å². The van der Waals surface area contributed by atoms with Gasteiger partial charge in [0.25, 0.3) is 0 Å². The van der Waals surface area contributed by atoms with Crippen LogP contribution in [0, 0.1) is 0 Å². The van der Waals surface area contributed by atoms with Gasteiger partial charge in [0.05, 0.1) is 0 Å². The van der Waals surface area contributed by atoms with E-state index in [0.717, 1.165) is 12.5 Å². The first-order chi connectivity index (χ1) is 8.27. The molecule has 1 unspecified atom stereocenters. The fourth-order valence-corrected chi connectivity index (χ4v) is 3.64. The Bertz CT molecular complexity index is 245. The second-order valence-electron chi connectivity index (χ2n) is 5.94. The van der Waals surface area contributed by atoms with Crippen molar-refractivity contribution >= 4 is 5.78 Å². The molecule has 17 heavy (non-hydrogen) atoms. The first-order valence-electron chi connectivity index (χ1n) is 7.52. The first-order valence-corrected chi connectivity index (χ1v) is 7.52. The van der Waals surface area contributed by atoms with E-state index in [1.165, 1.54) is 64.3 Å². The largest absolute Gasteiger partial charge is 0.300 e. The zero-order valence-electron chi connectivity index (χ0n) is 11.3. The van der Waals surface area contributed by atoms with Crippen LogP contribution in [0.3, 0.4) is 0 Å². The second kappa shape index (κ2) is 6.53. The average Bonchev–Trinajstić information content (AvgIpc) is 2.55. The van der Waals surface area contributed by atoms with Gasteiger partial charge >= 0.3 is 0 Å². The maximum absolute atomic E-state index is 11.4. The normalized spacial score (nSPS) is 28.9. The molecule has 0 bridgehead atoms. The zero-order chi connectivity index (χ0) is 12.1. The van der Waals surface area contributed by atoms with Gasteiger partial charge in [0.2, 0.25) is 0 Å². The number of nitrogens with zero attached hydrogens (tertiary/aromatic N) is 1. The molecule has 1 saturated heterocycles. The van der Waals surface area contributed by atoms with Gasteiger partial charge in [-0.05, 0) is 39.2 Å². The molecular weight excluding hydrogens is 210 g/mol. The summed E-state index contributed by atoms with van der Waals surface area (Å²) < 4.78 is 0. The third-order valence-electron chi connectivity index (χ3n) is 4.49. The van der Waals surface area contributed by atoms with Crippen molar-refractivity contribution in [1.29, 1.82) is 0 Å². The molecule has 1 saturated carbocycles. The number of Topliss-reactive ketones (excluding diaryl/α,β-unsaturated/α-hetero) is 1. The van der Waals surface area contributed by atoms with E-state index in [4.69, 9.17) is 0 Å². The van der Waals surface area contributed by atoms with Gasteiger partial charge in [-0.1, -0.05) is 32.1 Å². The molecule has 0 aromatic rings. The highest BCUT2D eigenvalue weighted by molar-refractivity contribution is 5.76. The minimum atomic E-state index is 0.373. The molecule has 2 nitrogen and oxygen atoms in total. The van der Waals surface area contributed by atoms with Crippen molar-refractivity contribution in [3.63, 3.8) is 0 Å². The smallest absolute Gasteiger partial charge is 0.131 e. The van der Waals surface area contributed by atoms with Crippen molar-refractivity contribution in [1.82, 2.24) is 4.90 Å². The predicted molar refractivity (Wildman–Crippen MR) is 71.1 cm³/mol. The summed E-state index contributed by atoms with van der Waals surface area (Å²) in [6.45, 7) is 2.99. The van der Waals surface area contributed by atoms with Crippen LogP contribution in [0.15, 0.2) is 0 Å². The molecule has 0 N–H and O–H groups in total. The lowest BCUT2D eigenvalue weighted by molar-refractivity contribution is -0.118. The molecule has 1 aliphatic carbocycles. The summed E-state index contributed by atoms with van der Waals surface area (Å²) in [4.78, 5) is 14.1. The van der Waals surface area contributed by atoms with Gasteiger partial charge in [0, 0.05) is 18.5 Å². The fraction of sp³-hybridized carbons (Fsp3) is 0.933. The molecule has 0 aromatic heterocycles. The van der Waals surface area contributed by atoms with E-state index >= 15 is 0 Å². The molecule has 2 fully saturated rings. The molecule has 1 aliphatic heterocycles. The highest BCUT2D eigenvalue weighted by atomic mass is 16.1. The molecule has 1 atom stereocenters. The summed E-state index contributed by atoms with van der Waals surface area (Å²) in [6, 6.07) is 1.34. The van der Waals surface area contributed by atoms with Crippen LogP contribution in [0.4, 0.5) is 0 Å². The summed E-state index contributed by atoms with van der Waals surface area (Å²) in [7, 11) is 0. The molecule has 0 amide bonds. The van der Waals surface area contributed by atoms with E-state index in [-0.39, 0.29) is 0 Å². The topological polar surface area (TPSA) is 20.3 Å². The van der Waals surface area contributed by atoms with E-state index in [1.54, 1.807) is 6.92 Å². The van der Waals surface area contributed by atoms with Gasteiger partial charge < -0.3 is 0 Å². The van der Waals surface area contributed by atoms with Crippen molar-refractivity contribution < 1.29 is 4.79 Å². The van der Waals surface area contributed by atoms with Crippen LogP contribution in [0.2, 0.25) is 0 Å². The monoisotopic (exact) mass is 237 g/mol. The van der Waals surface area contributed by atoms with Gasteiger partial charge in [-0.3, -0.25) is 9.69 Å². The Morgan fingerprint density at radius 1 is 1.00 bits per heavy atom. The minimum Gasteiger partial charge on any atom is -0.300 e. The van der Waals surface area contributed by atoms with Crippen molar-refractivity contribution in [2.24, 2.45) is 0 Å². The van der Waals surface area contributed by atoms with E-state index in [0.29, 0.717) is 11.8 Å². The third kappa shape index (κ3) is 3.80. The molecule has 0 aromatic carbocycles. The van der Waals surface area contributed by atoms with Gasteiger partial charge in [0.1, 0.15) is 5.78 Å². The molecular formula is C15H27NO. The maximum Gasteiger partial charge on any atom is 0.131 e. The summed E-state index contributed by atoms with van der Waals surface area (Å²) in [5, 5.41) is 0. The molecule has 98 valence electrons. The standard InChI is InChI=1S/C15H27NO/c1-13(17)12-15-10-6-3-7-11-16(15)14-8-4-2-5-9-14/h14-15H,2-12H2,1H3. The highest BCUT2D eigenvalue weighted by Gasteiger charge is 2.29. The number of carbonyl (C=O) groups excluding carboxylic acids is 1. The Balaban J connectivity index is 1.99. The number of hydrogen-bond acceptors (Lipinski definition) is 2. The molecule has 1 heterocycles. The Labute approximate surface area is 106 Å². The quantitative estimate of drug-likeness (QED) is 0.748. The lowest BCUT2D eigenvalue weighted by atomic mass is 9.92.